The number of alkyl halides is 3. The number of aryl methyl sites for hydroxylation is 1. The summed E-state index contributed by atoms with van der Waals surface area (Å²) >= 11 is 5.69. The second-order valence-corrected chi connectivity index (χ2v) is 4.13. The van der Waals surface area contributed by atoms with E-state index in [1.54, 1.807) is 0 Å². The zero-order valence-corrected chi connectivity index (χ0v) is 9.80. The van der Waals surface area contributed by atoms with Crippen molar-refractivity contribution >= 4 is 28.5 Å². The molecule has 0 aliphatic rings. The first-order chi connectivity index (χ1) is 8.23. The van der Waals surface area contributed by atoms with Crippen LogP contribution in [0, 0.1) is 0 Å². The fraction of sp³-hybridized carbons (Fsp3) is 0.182. The third-order valence-electron chi connectivity index (χ3n) is 2.69. The Labute approximate surface area is 104 Å². The number of hydrogen-bond acceptors (Lipinski definition) is 1. The van der Waals surface area contributed by atoms with Crippen LogP contribution in [-0.4, -0.2) is 15.6 Å². The maximum atomic E-state index is 12.6. The largest absolute Gasteiger partial charge is 0.477 e. The molecule has 1 heterocycles. The van der Waals surface area contributed by atoms with Crippen molar-refractivity contribution in [2.45, 2.75) is 6.18 Å². The zero-order chi connectivity index (χ0) is 13.7. The van der Waals surface area contributed by atoms with Gasteiger partial charge in [-0.05, 0) is 18.2 Å². The summed E-state index contributed by atoms with van der Waals surface area (Å²) in [6.45, 7) is 0. The van der Waals surface area contributed by atoms with Crippen LogP contribution >= 0.6 is 11.6 Å². The molecule has 7 heteroatoms. The SMILES string of the molecule is Cn1c(C(=O)O)cc2c(Cl)c(C(F)(F)F)ccc21. The summed E-state index contributed by atoms with van der Waals surface area (Å²) in [6, 6.07) is 3.18. The molecule has 1 aromatic heterocycles. The van der Waals surface area contributed by atoms with Crippen molar-refractivity contribution in [2.75, 3.05) is 0 Å². The van der Waals surface area contributed by atoms with Crippen LogP contribution in [0.5, 0.6) is 0 Å². The first-order valence-corrected chi connectivity index (χ1v) is 5.19. The second kappa shape index (κ2) is 3.91. The molecule has 0 unspecified atom stereocenters. The van der Waals surface area contributed by atoms with Crippen molar-refractivity contribution in [3.63, 3.8) is 0 Å². The summed E-state index contributed by atoms with van der Waals surface area (Å²) < 4.78 is 39.2. The summed E-state index contributed by atoms with van der Waals surface area (Å²) in [5.41, 5.74) is -0.754. The van der Waals surface area contributed by atoms with Gasteiger partial charge in [0, 0.05) is 18.0 Å². The maximum absolute atomic E-state index is 12.6. The molecule has 2 rings (SSSR count). The molecule has 1 aromatic carbocycles. The molecule has 18 heavy (non-hydrogen) atoms. The number of benzene rings is 1. The first-order valence-electron chi connectivity index (χ1n) is 4.82. The van der Waals surface area contributed by atoms with Crippen LogP contribution < -0.4 is 0 Å². The molecular weight excluding hydrogens is 271 g/mol. The lowest BCUT2D eigenvalue weighted by Gasteiger charge is -2.09. The van der Waals surface area contributed by atoms with Gasteiger partial charge in [-0.25, -0.2) is 4.79 Å². The maximum Gasteiger partial charge on any atom is 0.417 e. The predicted octanol–water partition coefficient (Wildman–Crippen LogP) is 3.55. The van der Waals surface area contributed by atoms with Crippen molar-refractivity contribution in [3.8, 4) is 0 Å². The topological polar surface area (TPSA) is 42.2 Å². The Morgan fingerprint density at radius 2 is 2.00 bits per heavy atom. The molecule has 1 N–H and O–H groups in total. The van der Waals surface area contributed by atoms with Gasteiger partial charge in [-0.1, -0.05) is 11.6 Å². The van der Waals surface area contributed by atoms with E-state index in [0.29, 0.717) is 5.52 Å². The molecular formula is C11H7ClF3NO2. The van der Waals surface area contributed by atoms with E-state index in [0.717, 1.165) is 12.1 Å². The highest BCUT2D eigenvalue weighted by molar-refractivity contribution is 6.36. The third kappa shape index (κ3) is 1.82. The molecule has 0 atom stereocenters. The van der Waals surface area contributed by atoms with Crippen molar-refractivity contribution < 1.29 is 23.1 Å². The van der Waals surface area contributed by atoms with E-state index < -0.39 is 22.7 Å². The van der Waals surface area contributed by atoms with Gasteiger partial charge >= 0.3 is 12.1 Å². The molecule has 0 bridgehead atoms. The summed E-state index contributed by atoms with van der Waals surface area (Å²) in [4.78, 5) is 10.9. The number of nitrogens with zero attached hydrogens (tertiary/aromatic N) is 1. The number of rotatable bonds is 1. The Morgan fingerprint density at radius 1 is 1.39 bits per heavy atom. The number of fused-ring (bicyclic) bond motifs is 1. The molecule has 0 spiro atoms. The smallest absolute Gasteiger partial charge is 0.417 e. The lowest BCUT2D eigenvalue weighted by Crippen LogP contribution is -2.06. The molecule has 0 aliphatic carbocycles. The Kier molecular flexibility index (Phi) is 2.77. The molecule has 0 fully saturated rings. The van der Waals surface area contributed by atoms with Crippen molar-refractivity contribution in [3.05, 3.63) is 34.5 Å². The van der Waals surface area contributed by atoms with Gasteiger partial charge in [0.15, 0.2) is 0 Å². The average Bonchev–Trinajstić information content (AvgIpc) is 2.56. The summed E-state index contributed by atoms with van der Waals surface area (Å²) in [5, 5.41) is 8.49. The standard InChI is InChI=1S/C11H7ClF3NO2/c1-16-7-3-2-6(11(13,14)15)9(12)5(7)4-8(16)10(17)18/h2-4H,1H3,(H,17,18). The third-order valence-corrected chi connectivity index (χ3v) is 3.09. The van der Waals surface area contributed by atoms with E-state index in [9.17, 15) is 18.0 Å². The lowest BCUT2D eigenvalue weighted by molar-refractivity contribution is -0.137. The normalized spacial score (nSPS) is 12.1. The van der Waals surface area contributed by atoms with Gasteiger partial charge < -0.3 is 9.67 Å². The van der Waals surface area contributed by atoms with Gasteiger partial charge in [0.25, 0.3) is 0 Å². The molecule has 0 radical (unpaired) electrons. The molecule has 0 saturated heterocycles. The Bertz CT molecular complexity index is 646. The number of hydrogen-bond donors (Lipinski definition) is 1. The van der Waals surface area contributed by atoms with E-state index in [2.05, 4.69) is 0 Å². The van der Waals surface area contributed by atoms with Crippen LogP contribution in [-0.2, 0) is 13.2 Å². The molecule has 0 aliphatic heterocycles. The van der Waals surface area contributed by atoms with Gasteiger partial charge in [-0.15, -0.1) is 0 Å². The highest BCUT2D eigenvalue weighted by Gasteiger charge is 2.34. The predicted molar refractivity (Wildman–Crippen MR) is 59.9 cm³/mol. The van der Waals surface area contributed by atoms with Gasteiger partial charge in [-0.2, -0.15) is 13.2 Å². The lowest BCUT2D eigenvalue weighted by atomic mass is 10.1. The van der Waals surface area contributed by atoms with Gasteiger partial charge in [-0.3, -0.25) is 0 Å². The first kappa shape index (κ1) is 12.8. The van der Waals surface area contributed by atoms with Crippen LogP contribution in [0.15, 0.2) is 18.2 Å². The van der Waals surface area contributed by atoms with E-state index in [-0.39, 0.29) is 11.1 Å². The molecule has 96 valence electrons. The van der Waals surface area contributed by atoms with Crippen molar-refractivity contribution in [1.29, 1.82) is 0 Å². The zero-order valence-electron chi connectivity index (χ0n) is 9.05. The molecule has 0 saturated carbocycles. The number of carbonyl (C=O) groups is 1. The van der Waals surface area contributed by atoms with Gasteiger partial charge in [0.2, 0.25) is 0 Å². The minimum atomic E-state index is -4.56. The van der Waals surface area contributed by atoms with Crippen molar-refractivity contribution in [1.82, 2.24) is 4.57 Å². The van der Waals surface area contributed by atoms with E-state index in [4.69, 9.17) is 16.7 Å². The number of halogens is 4. The number of carboxylic acids is 1. The monoisotopic (exact) mass is 277 g/mol. The number of aromatic carboxylic acids is 1. The highest BCUT2D eigenvalue weighted by atomic mass is 35.5. The quantitative estimate of drug-likeness (QED) is 0.866. The Balaban J connectivity index is 2.80. The summed E-state index contributed by atoms with van der Waals surface area (Å²) in [7, 11) is 1.45. The van der Waals surface area contributed by atoms with Crippen LogP contribution in [0.4, 0.5) is 13.2 Å². The molecule has 3 nitrogen and oxygen atoms in total. The van der Waals surface area contributed by atoms with Crippen LogP contribution in [0.3, 0.4) is 0 Å². The van der Waals surface area contributed by atoms with E-state index >= 15 is 0 Å². The van der Waals surface area contributed by atoms with Crippen LogP contribution in [0.2, 0.25) is 5.02 Å². The fourth-order valence-corrected chi connectivity index (χ4v) is 2.12. The van der Waals surface area contributed by atoms with Crippen molar-refractivity contribution in [2.24, 2.45) is 7.05 Å². The van der Waals surface area contributed by atoms with E-state index in [1.807, 2.05) is 0 Å². The average molecular weight is 278 g/mol. The van der Waals surface area contributed by atoms with Crippen LogP contribution in [0.1, 0.15) is 16.1 Å². The van der Waals surface area contributed by atoms with Gasteiger partial charge in [0.1, 0.15) is 5.69 Å². The summed E-state index contributed by atoms with van der Waals surface area (Å²) in [6.07, 6.45) is -4.56. The van der Waals surface area contributed by atoms with Gasteiger partial charge in [0.05, 0.1) is 10.6 Å². The van der Waals surface area contributed by atoms with Crippen LogP contribution in [0.25, 0.3) is 10.9 Å². The minimum absolute atomic E-state index is 0.0754. The summed E-state index contributed by atoms with van der Waals surface area (Å²) in [5.74, 6) is -1.22. The highest BCUT2D eigenvalue weighted by Crippen LogP contribution is 2.39. The minimum Gasteiger partial charge on any atom is -0.477 e. The second-order valence-electron chi connectivity index (χ2n) is 3.75. The van der Waals surface area contributed by atoms with E-state index in [1.165, 1.54) is 17.7 Å². The molecule has 0 amide bonds. The Hall–Kier alpha value is -1.69. The number of carboxylic acid groups (broad SMARTS) is 1. The number of aromatic nitrogens is 1. The fourth-order valence-electron chi connectivity index (χ4n) is 1.80. The Morgan fingerprint density at radius 3 is 2.50 bits per heavy atom. The molecule has 2 aromatic rings.